The minimum atomic E-state index is -2.17. The Balaban J connectivity index is 2.38. The summed E-state index contributed by atoms with van der Waals surface area (Å²) in [6.07, 6.45) is 22.0. The summed E-state index contributed by atoms with van der Waals surface area (Å²) in [5.41, 5.74) is 0. The third-order valence-corrected chi connectivity index (χ3v) is 13.4. The molecule has 0 heterocycles. The molecule has 1 N–H and O–H groups in total. The van der Waals surface area contributed by atoms with Gasteiger partial charge in [-0.2, -0.15) is 0 Å². The summed E-state index contributed by atoms with van der Waals surface area (Å²) >= 11 is -2.17. The van der Waals surface area contributed by atoms with Crippen LogP contribution < -0.4 is 1.52 Å². The Bertz CT molecular complexity index is 480. The Morgan fingerprint density at radius 3 is 1.57 bits per heavy atom. The van der Waals surface area contributed by atoms with Crippen LogP contribution in [0, 0.1) is 40.1 Å². The van der Waals surface area contributed by atoms with Crippen LogP contribution in [0.2, 0.25) is 2.39 Å². The van der Waals surface area contributed by atoms with E-state index in [0.717, 1.165) is 25.7 Å². The second kappa shape index (κ2) is 8.22. The quantitative estimate of drug-likeness (QED) is 0.515. The predicted octanol–water partition coefficient (Wildman–Crippen LogP) is 5.46. The number of amides is 1. The minimum absolute atomic E-state index is 0.0755. The van der Waals surface area contributed by atoms with E-state index in [-0.39, 0.29) is 14.2 Å². The molecule has 129 valence electrons. The predicted molar refractivity (Wildman–Crippen MR) is 94.7 cm³/mol. The molecule has 0 atom stereocenters. The van der Waals surface area contributed by atoms with Crippen LogP contribution in [0.25, 0.3) is 0 Å². The van der Waals surface area contributed by atoms with E-state index in [1.165, 1.54) is 0 Å². The molecule has 0 aromatic carbocycles. The van der Waals surface area contributed by atoms with Crippen molar-refractivity contribution in [1.82, 2.24) is 1.52 Å². The third-order valence-electron chi connectivity index (χ3n) is 4.96. The molecule has 23 heavy (non-hydrogen) atoms. The van der Waals surface area contributed by atoms with Crippen molar-refractivity contribution in [1.29, 1.82) is 0 Å². The Morgan fingerprint density at radius 1 is 0.870 bits per heavy atom. The number of allylic oxidation sites excluding steroid dienone is 8. The fourth-order valence-corrected chi connectivity index (χ4v) is 11.2. The molecule has 2 aliphatic rings. The fourth-order valence-electron chi connectivity index (χ4n) is 3.21. The van der Waals surface area contributed by atoms with E-state index in [1.807, 2.05) is 0 Å². The van der Waals surface area contributed by atoms with Crippen LogP contribution in [0.15, 0.2) is 48.6 Å². The van der Waals surface area contributed by atoms with E-state index in [9.17, 15) is 4.79 Å². The normalized spacial score (nSPS) is 20.5. The van der Waals surface area contributed by atoms with Crippen molar-refractivity contribution in [2.75, 3.05) is 0 Å². The van der Waals surface area contributed by atoms with Gasteiger partial charge in [0, 0.05) is 0 Å². The summed E-state index contributed by atoms with van der Waals surface area (Å²) in [6.45, 7) is 8.74. The molecular formula is C20H30GdNO. The van der Waals surface area contributed by atoms with Crippen molar-refractivity contribution in [2.24, 2.45) is 5.92 Å². The molecule has 1 amide bonds. The van der Waals surface area contributed by atoms with Crippen LogP contribution in [0.1, 0.15) is 53.4 Å². The Kier molecular flexibility index (Phi) is 6.82. The van der Waals surface area contributed by atoms with Crippen LogP contribution in [-0.4, -0.2) is 5.91 Å². The Labute approximate surface area is 155 Å². The number of hydrogen-bond acceptors (Lipinski definition) is 1. The third kappa shape index (κ3) is 3.72. The van der Waals surface area contributed by atoms with Gasteiger partial charge < -0.3 is 0 Å². The number of nitrogens with one attached hydrogen (secondary N) is 1. The molecule has 0 saturated heterocycles. The van der Waals surface area contributed by atoms with Gasteiger partial charge in [-0.05, 0) is 0 Å². The van der Waals surface area contributed by atoms with Crippen molar-refractivity contribution < 1.29 is 39.0 Å². The molecule has 0 aromatic heterocycles. The number of carbonyl (C=O) groups excluding carboxylic acids is 1. The van der Waals surface area contributed by atoms with Crippen molar-refractivity contribution in [3.63, 3.8) is 0 Å². The van der Waals surface area contributed by atoms with Gasteiger partial charge in [-0.15, -0.1) is 0 Å². The summed E-state index contributed by atoms with van der Waals surface area (Å²) in [5, 5.41) is 0. The van der Waals surface area contributed by atoms with Crippen LogP contribution in [-0.2, 0) is 4.79 Å². The maximum atomic E-state index is 12.9. The summed E-state index contributed by atoms with van der Waals surface area (Å²) in [7, 11) is 0. The first kappa shape index (κ1) is 19.1. The van der Waals surface area contributed by atoms with Gasteiger partial charge in [-0.1, -0.05) is 0 Å². The molecule has 0 aromatic rings. The molecule has 0 spiro atoms. The zero-order chi connectivity index (χ0) is 16.9. The molecular weight excluding hydrogens is 427 g/mol. The average molecular weight is 458 g/mol. The molecule has 0 bridgehead atoms. The summed E-state index contributed by atoms with van der Waals surface area (Å²) in [6, 6.07) is 0. The standard InChI is InChI=1S/2C7H9.C6H13NO.Gd/c2*1-2-7-5-3-4-6-7;1-3-5(4-2)6(7)8;/h2*3-6H,2H2,1H3;5H,3-4H2,1-2H3,(H2,7,8);/q;;;+1/p-1. The zero-order valence-electron chi connectivity index (χ0n) is 14.8. The molecule has 2 rings (SSSR count). The van der Waals surface area contributed by atoms with Gasteiger partial charge in [0.25, 0.3) is 0 Å². The number of carbonyl (C=O) groups is 1. The summed E-state index contributed by atoms with van der Waals surface area (Å²) in [5.74, 6) is 0.420. The van der Waals surface area contributed by atoms with Crippen molar-refractivity contribution >= 4 is 5.91 Å². The molecule has 2 nitrogen and oxygen atoms in total. The van der Waals surface area contributed by atoms with E-state index >= 15 is 0 Å². The first-order valence-electron chi connectivity index (χ1n) is 8.78. The van der Waals surface area contributed by atoms with Crippen molar-refractivity contribution in [3.05, 3.63) is 48.6 Å². The van der Waals surface area contributed by atoms with E-state index in [4.69, 9.17) is 0 Å². The number of rotatable bonds is 8. The van der Waals surface area contributed by atoms with Crippen LogP contribution >= 0.6 is 0 Å². The van der Waals surface area contributed by atoms with Crippen LogP contribution in [0.3, 0.4) is 0 Å². The van der Waals surface area contributed by atoms with Crippen LogP contribution in [0.4, 0.5) is 0 Å². The van der Waals surface area contributed by atoms with Gasteiger partial charge in [0.05, 0.1) is 0 Å². The molecule has 0 saturated carbocycles. The van der Waals surface area contributed by atoms with E-state index in [2.05, 4.69) is 77.8 Å². The molecule has 2 aliphatic carbocycles. The fraction of sp³-hybridized carbons (Fsp3) is 0.550. The zero-order valence-corrected chi connectivity index (χ0v) is 17.1. The van der Waals surface area contributed by atoms with Gasteiger partial charge in [-0.25, -0.2) is 0 Å². The molecule has 0 unspecified atom stereocenters. The first-order chi connectivity index (χ1) is 11.1. The topological polar surface area (TPSA) is 29.1 Å². The second-order valence-electron chi connectivity index (χ2n) is 6.18. The van der Waals surface area contributed by atoms with E-state index in [0.29, 0.717) is 0 Å². The Morgan fingerprint density at radius 2 is 1.26 bits per heavy atom. The van der Waals surface area contributed by atoms with Gasteiger partial charge in [0.1, 0.15) is 0 Å². The van der Waals surface area contributed by atoms with E-state index in [1.54, 1.807) is 0 Å². The molecule has 0 fully saturated rings. The van der Waals surface area contributed by atoms with Gasteiger partial charge in [0.2, 0.25) is 0 Å². The van der Waals surface area contributed by atoms with Gasteiger partial charge >= 0.3 is 157 Å². The molecule has 0 aliphatic heterocycles. The van der Waals surface area contributed by atoms with Crippen molar-refractivity contribution in [2.45, 2.75) is 55.8 Å². The monoisotopic (exact) mass is 458 g/mol. The Hall–Kier alpha value is -0.245. The molecule has 0 radical (unpaired) electrons. The summed E-state index contributed by atoms with van der Waals surface area (Å²) in [4.78, 5) is 12.9. The van der Waals surface area contributed by atoms with Crippen molar-refractivity contribution in [3.8, 4) is 0 Å². The second-order valence-corrected chi connectivity index (χ2v) is 12.7. The maximum absolute atomic E-state index is 12.9. The first-order valence-corrected chi connectivity index (χ1v) is 12.2. The SMILES string of the molecule is CCC(CC)C(=O)[NH][Gd]([C]1(CC)C=CC=C1)[C]1(CC)C=CC=C1. The van der Waals surface area contributed by atoms with Gasteiger partial charge in [0.15, 0.2) is 0 Å². The number of hydrogen-bond donors (Lipinski definition) is 1. The van der Waals surface area contributed by atoms with E-state index < -0.39 is 34.2 Å². The summed E-state index contributed by atoms with van der Waals surface area (Å²) < 4.78 is 3.77. The van der Waals surface area contributed by atoms with Gasteiger partial charge in [-0.3, -0.25) is 0 Å². The molecule has 3 heteroatoms. The van der Waals surface area contributed by atoms with Crippen LogP contribution in [0.5, 0.6) is 0 Å². The average Bonchev–Trinajstić information content (AvgIpc) is 3.24.